The van der Waals surface area contributed by atoms with Crippen LogP contribution >= 0.6 is 27.5 Å². The number of carbonyl (C=O) groups is 1. The van der Waals surface area contributed by atoms with Gasteiger partial charge in [-0.05, 0) is 47.9 Å². The Bertz CT molecular complexity index is 932. The smallest absolute Gasteiger partial charge is 0.228 e. The van der Waals surface area contributed by atoms with Crippen LogP contribution < -0.4 is 9.62 Å². The van der Waals surface area contributed by atoms with Gasteiger partial charge in [-0.25, -0.2) is 13.1 Å². The van der Waals surface area contributed by atoms with E-state index in [1.165, 1.54) is 0 Å². The second-order valence-corrected chi connectivity index (χ2v) is 9.40. The van der Waals surface area contributed by atoms with Gasteiger partial charge in [-0.15, -0.1) is 0 Å². The third-order valence-corrected chi connectivity index (χ3v) is 5.70. The average Bonchev–Trinajstić information content (AvgIpc) is 2.96. The Morgan fingerprint density at radius 1 is 1.27 bits per heavy atom. The summed E-state index contributed by atoms with van der Waals surface area (Å²) in [5.74, 6) is -0.123. The molecule has 3 rings (SSSR count). The highest BCUT2D eigenvalue weighted by molar-refractivity contribution is 9.10. The lowest BCUT2D eigenvalue weighted by molar-refractivity contribution is -0.118. The van der Waals surface area contributed by atoms with Crippen LogP contribution in [0.25, 0.3) is 0 Å². The Morgan fingerprint density at radius 3 is 2.62 bits per heavy atom. The zero-order valence-electron chi connectivity index (χ0n) is 14.1. The number of hydrogen-bond acceptors (Lipinski definition) is 3. The monoisotopic (exact) mass is 456 g/mol. The van der Waals surface area contributed by atoms with Crippen LogP contribution in [0.3, 0.4) is 0 Å². The number of anilines is 1. The minimum absolute atomic E-state index is 0.0320. The summed E-state index contributed by atoms with van der Waals surface area (Å²) in [6.45, 7) is 0.594. The number of halogens is 2. The highest BCUT2D eigenvalue weighted by Crippen LogP contribution is 2.32. The van der Waals surface area contributed by atoms with Crippen molar-refractivity contribution < 1.29 is 13.2 Å². The number of hydrogen-bond donors (Lipinski definition) is 1. The van der Waals surface area contributed by atoms with Gasteiger partial charge in [-0.3, -0.25) is 4.79 Å². The van der Waals surface area contributed by atoms with Gasteiger partial charge in [-0.2, -0.15) is 0 Å². The summed E-state index contributed by atoms with van der Waals surface area (Å²) in [5, 5.41) is 0.553. The Hall–Kier alpha value is -1.41. The normalized spacial score (nSPS) is 15.0. The molecule has 0 saturated heterocycles. The fraction of sp³-hybridized carbons (Fsp3) is 0.278. The maximum absolute atomic E-state index is 12.9. The molecule has 8 heteroatoms. The molecule has 1 amide bonds. The number of benzene rings is 2. The lowest BCUT2D eigenvalue weighted by Gasteiger charge is -2.22. The van der Waals surface area contributed by atoms with Crippen LogP contribution in [0.5, 0.6) is 0 Å². The predicted octanol–water partition coefficient (Wildman–Crippen LogP) is 3.67. The molecule has 5 nitrogen and oxygen atoms in total. The van der Waals surface area contributed by atoms with Crippen LogP contribution in [0.2, 0.25) is 5.02 Å². The van der Waals surface area contributed by atoms with Gasteiger partial charge in [0.25, 0.3) is 0 Å². The predicted molar refractivity (Wildman–Crippen MR) is 107 cm³/mol. The van der Waals surface area contributed by atoms with E-state index in [1.54, 1.807) is 29.2 Å². The molecule has 0 aliphatic carbocycles. The van der Waals surface area contributed by atoms with Crippen LogP contribution in [0.4, 0.5) is 5.69 Å². The summed E-state index contributed by atoms with van der Waals surface area (Å²) in [5.41, 5.74) is 2.68. The van der Waals surface area contributed by atoms with Gasteiger partial charge < -0.3 is 4.90 Å². The van der Waals surface area contributed by atoms with E-state index in [0.29, 0.717) is 17.1 Å². The third-order valence-electron chi connectivity index (χ3n) is 4.25. The van der Waals surface area contributed by atoms with E-state index in [1.807, 2.05) is 18.2 Å². The van der Waals surface area contributed by atoms with Gasteiger partial charge in [-0.1, -0.05) is 39.7 Å². The Balaban J connectivity index is 1.83. The van der Waals surface area contributed by atoms with Crippen molar-refractivity contribution in [2.75, 3.05) is 17.7 Å². The van der Waals surface area contributed by atoms with Crippen molar-refractivity contribution in [2.24, 2.45) is 0 Å². The van der Waals surface area contributed by atoms with Crippen molar-refractivity contribution in [1.82, 2.24) is 4.72 Å². The first-order chi connectivity index (χ1) is 12.2. The Kier molecular flexibility index (Phi) is 5.72. The summed E-state index contributed by atoms with van der Waals surface area (Å²) < 4.78 is 27.0. The van der Waals surface area contributed by atoms with E-state index in [-0.39, 0.29) is 12.3 Å². The fourth-order valence-corrected chi connectivity index (χ4v) is 4.37. The highest BCUT2D eigenvalue weighted by Gasteiger charge is 2.28. The molecule has 1 unspecified atom stereocenters. The van der Waals surface area contributed by atoms with Gasteiger partial charge in [0.05, 0.1) is 12.3 Å². The molecule has 0 bridgehead atoms. The minimum atomic E-state index is -3.48. The quantitative estimate of drug-likeness (QED) is 0.745. The number of sulfonamides is 1. The zero-order chi connectivity index (χ0) is 18.9. The van der Waals surface area contributed by atoms with Crippen molar-refractivity contribution in [3.63, 3.8) is 0 Å². The van der Waals surface area contributed by atoms with E-state index >= 15 is 0 Å². The number of rotatable bonds is 5. The van der Waals surface area contributed by atoms with Crippen LogP contribution in [-0.4, -0.2) is 27.1 Å². The topological polar surface area (TPSA) is 66.5 Å². The van der Waals surface area contributed by atoms with Crippen molar-refractivity contribution in [1.29, 1.82) is 0 Å². The highest BCUT2D eigenvalue weighted by atomic mass is 79.9. The molecule has 138 valence electrons. The van der Waals surface area contributed by atoms with Crippen molar-refractivity contribution in [3.8, 4) is 0 Å². The number of fused-ring (bicyclic) bond motifs is 1. The Labute approximate surface area is 166 Å². The van der Waals surface area contributed by atoms with Crippen molar-refractivity contribution in [3.05, 3.63) is 63.1 Å². The molecule has 2 aromatic rings. The molecule has 1 atom stereocenters. The number of amides is 1. The summed E-state index contributed by atoms with van der Waals surface area (Å²) in [6.07, 6.45) is 1.90. The molecule has 0 spiro atoms. The van der Waals surface area contributed by atoms with Crippen molar-refractivity contribution in [2.45, 2.75) is 18.9 Å². The van der Waals surface area contributed by atoms with Crippen LogP contribution in [-0.2, 0) is 21.2 Å². The van der Waals surface area contributed by atoms with E-state index < -0.39 is 16.1 Å². The first kappa shape index (κ1) is 19.4. The molecule has 0 radical (unpaired) electrons. The summed E-state index contributed by atoms with van der Waals surface area (Å²) in [4.78, 5) is 14.6. The van der Waals surface area contributed by atoms with E-state index in [0.717, 1.165) is 28.4 Å². The zero-order valence-corrected chi connectivity index (χ0v) is 17.2. The molecular formula is C18H18BrClN2O3S. The summed E-state index contributed by atoms with van der Waals surface area (Å²) in [6, 6.07) is 12.0. The minimum Gasteiger partial charge on any atom is -0.312 e. The fourth-order valence-electron chi connectivity index (χ4n) is 3.10. The molecule has 1 heterocycles. The lowest BCUT2D eigenvalue weighted by atomic mass is 10.0. The van der Waals surface area contributed by atoms with Crippen LogP contribution in [0.1, 0.15) is 23.6 Å². The second-order valence-electron chi connectivity index (χ2n) is 6.27. The van der Waals surface area contributed by atoms with Gasteiger partial charge in [0.1, 0.15) is 0 Å². The SMILES string of the molecule is CS(=O)(=O)NC(CC(=O)N1CCc2cc(Br)ccc21)c1ccc(Cl)cc1. The van der Waals surface area contributed by atoms with Gasteiger partial charge in [0.15, 0.2) is 0 Å². The van der Waals surface area contributed by atoms with Crippen LogP contribution in [0.15, 0.2) is 46.9 Å². The molecule has 1 aliphatic heterocycles. The molecule has 0 saturated carbocycles. The average molecular weight is 458 g/mol. The maximum atomic E-state index is 12.9. The number of nitrogens with zero attached hydrogens (tertiary/aromatic N) is 1. The number of nitrogens with one attached hydrogen (secondary N) is 1. The number of carbonyl (C=O) groups excluding carboxylic acids is 1. The maximum Gasteiger partial charge on any atom is 0.228 e. The van der Waals surface area contributed by atoms with Crippen molar-refractivity contribution >= 4 is 49.1 Å². The van der Waals surface area contributed by atoms with E-state index in [4.69, 9.17) is 11.6 Å². The molecule has 1 aliphatic rings. The Morgan fingerprint density at radius 2 is 1.96 bits per heavy atom. The first-order valence-electron chi connectivity index (χ1n) is 8.04. The molecular weight excluding hydrogens is 440 g/mol. The van der Waals surface area contributed by atoms with E-state index in [9.17, 15) is 13.2 Å². The van der Waals surface area contributed by atoms with E-state index in [2.05, 4.69) is 20.7 Å². The first-order valence-corrected chi connectivity index (χ1v) is 11.1. The molecule has 0 aromatic heterocycles. The largest absolute Gasteiger partial charge is 0.312 e. The van der Waals surface area contributed by atoms with Crippen LogP contribution in [0, 0.1) is 0 Å². The molecule has 0 fully saturated rings. The second kappa shape index (κ2) is 7.68. The van der Waals surface area contributed by atoms with Gasteiger partial charge >= 0.3 is 0 Å². The van der Waals surface area contributed by atoms with Gasteiger partial charge in [0.2, 0.25) is 15.9 Å². The van der Waals surface area contributed by atoms with Gasteiger partial charge in [0, 0.05) is 28.1 Å². The molecule has 1 N–H and O–H groups in total. The summed E-state index contributed by atoms with van der Waals surface area (Å²) >= 11 is 9.35. The molecule has 2 aromatic carbocycles. The standard InChI is InChI=1S/C18H18BrClN2O3S/c1-26(24,25)21-16(12-2-5-15(20)6-3-12)11-18(23)22-9-8-13-10-14(19)4-7-17(13)22/h2-7,10,16,21H,8-9,11H2,1H3. The lowest BCUT2D eigenvalue weighted by Crippen LogP contribution is -2.35. The third kappa shape index (κ3) is 4.65. The summed E-state index contributed by atoms with van der Waals surface area (Å²) in [7, 11) is -3.48. The molecule has 26 heavy (non-hydrogen) atoms.